The Balaban J connectivity index is 0.000000247. The fourth-order valence-electron chi connectivity index (χ4n) is 2.10. The number of carbonyl (C=O) groups is 1. The van der Waals surface area contributed by atoms with E-state index in [9.17, 15) is 4.79 Å². The summed E-state index contributed by atoms with van der Waals surface area (Å²) in [5.74, 6) is 0.142. The molecule has 0 spiro atoms. The summed E-state index contributed by atoms with van der Waals surface area (Å²) in [6.45, 7) is 0. The highest BCUT2D eigenvalue weighted by Gasteiger charge is 2.14. The summed E-state index contributed by atoms with van der Waals surface area (Å²) in [7, 11) is 0. The molecule has 6 nitrogen and oxygen atoms in total. The van der Waals surface area contributed by atoms with E-state index in [1.54, 1.807) is 24.5 Å². The smallest absolute Gasteiger partial charge is 0.301 e. The summed E-state index contributed by atoms with van der Waals surface area (Å²) in [4.78, 5) is 11.5. The Morgan fingerprint density at radius 2 is 2.15 bits per heavy atom. The van der Waals surface area contributed by atoms with E-state index in [1.807, 2.05) is 6.07 Å². The van der Waals surface area contributed by atoms with Crippen LogP contribution in [-0.2, 0) is 0 Å². The van der Waals surface area contributed by atoms with Crippen molar-refractivity contribution < 1.29 is 9.21 Å². The summed E-state index contributed by atoms with van der Waals surface area (Å²) in [5, 5.41) is 6.21. The number of nitrogens with one attached hydrogen (secondary N) is 3. The van der Waals surface area contributed by atoms with E-state index in [4.69, 9.17) is 4.42 Å². The Morgan fingerprint density at radius 3 is 2.70 bits per heavy atom. The van der Waals surface area contributed by atoms with Crippen molar-refractivity contribution in [2.45, 2.75) is 38.1 Å². The van der Waals surface area contributed by atoms with E-state index >= 15 is 0 Å². The molecule has 0 atom stereocenters. The first-order valence-electron chi connectivity index (χ1n) is 6.89. The number of H-pyrrole nitrogens is 1. The number of furan rings is 1. The third-order valence-corrected chi connectivity index (χ3v) is 3.15. The highest BCUT2D eigenvalue weighted by molar-refractivity contribution is 5.90. The number of hydrogen-bond acceptors (Lipinski definition) is 4. The molecular weight excluding hydrogens is 256 g/mol. The highest BCUT2D eigenvalue weighted by Crippen LogP contribution is 2.16. The molecule has 0 radical (unpaired) electrons. The minimum Gasteiger partial charge on any atom is -0.459 e. The van der Waals surface area contributed by atoms with Gasteiger partial charge in [0.1, 0.15) is 0 Å². The monoisotopic (exact) mass is 276 g/mol. The second kappa shape index (κ2) is 8.16. The molecular formula is C14H20N4O2. The van der Waals surface area contributed by atoms with Gasteiger partial charge in [-0.1, -0.05) is 19.3 Å². The zero-order valence-corrected chi connectivity index (χ0v) is 11.3. The number of amides is 1. The third-order valence-electron chi connectivity index (χ3n) is 3.15. The molecule has 20 heavy (non-hydrogen) atoms. The van der Waals surface area contributed by atoms with Gasteiger partial charge in [-0.15, -0.1) is 0 Å². The minimum absolute atomic E-state index is 0.203. The summed E-state index contributed by atoms with van der Waals surface area (Å²) in [6.07, 6.45) is 11.0. The van der Waals surface area contributed by atoms with Crippen LogP contribution in [0.2, 0.25) is 0 Å². The molecule has 0 aromatic carbocycles. The second-order valence-corrected chi connectivity index (χ2v) is 4.68. The predicted molar refractivity (Wildman–Crippen MR) is 74.8 cm³/mol. The molecule has 1 aliphatic rings. The number of aromatic amines is 1. The SMILES string of the molecule is O=C(NNC1CCCCC1)c1ccco1.c1cn[nH]c1. The van der Waals surface area contributed by atoms with Crippen molar-refractivity contribution in [2.24, 2.45) is 0 Å². The van der Waals surface area contributed by atoms with Crippen LogP contribution in [0, 0.1) is 0 Å². The first-order chi connectivity index (χ1) is 9.86. The molecule has 1 saturated carbocycles. The Kier molecular flexibility index (Phi) is 5.85. The van der Waals surface area contributed by atoms with Gasteiger partial charge in [-0.3, -0.25) is 15.3 Å². The van der Waals surface area contributed by atoms with Crippen molar-refractivity contribution in [2.75, 3.05) is 0 Å². The number of aromatic nitrogens is 2. The van der Waals surface area contributed by atoms with E-state index in [0.717, 1.165) is 12.8 Å². The maximum absolute atomic E-state index is 11.5. The summed E-state index contributed by atoms with van der Waals surface area (Å²) >= 11 is 0. The molecule has 108 valence electrons. The van der Waals surface area contributed by atoms with Gasteiger partial charge in [0.25, 0.3) is 0 Å². The molecule has 3 rings (SSSR count). The fraction of sp³-hybridized carbons (Fsp3) is 0.429. The molecule has 1 aliphatic carbocycles. The maximum atomic E-state index is 11.5. The molecule has 0 unspecified atom stereocenters. The topological polar surface area (TPSA) is 82.9 Å². The van der Waals surface area contributed by atoms with Crippen LogP contribution in [0.1, 0.15) is 42.7 Å². The van der Waals surface area contributed by atoms with E-state index in [1.165, 1.54) is 25.5 Å². The van der Waals surface area contributed by atoms with Crippen LogP contribution in [0.5, 0.6) is 0 Å². The van der Waals surface area contributed by atoms with Crippen molar-refractivity contribution in [1.29, 1.82) is 0 Å². The van der Waals surface area contributed by atoms with Gasteiger partial charge in [0.15, 0.2) is 5.76 Å². The quantitative estimate of drug-likeness (QED) is 0.751. The Bertz CT molecular complexity index is 444. The highest BCUT2D eigenvalue weighted by atomic mass is 16.3. The number of hydrazine groups is 1. The minimum atomic E-state index is -0.203. The van der Waals surface area contributed by atoms with Gasteiger partial charge in [-0.05, 0) is 31.0 Å². The van der Waals surface area contributed by atoms with E-state index in [-0.39, 0.29) is 5.91 Å². The molecule has 0 saturated heterocycles. The normalized spacial score (nSPS) is 15.2. The lowest BCUT2D eigenvalue weighted by molar-refractivity contribution is 0.0891. The first-order valence-corrected chi connectivity index (χ1v) is 6.89. The van der Waals surface area contributed by atoms with Crippen LogP contribution in [0.4, 0.5) is 0 Å². The van der Waals surface area contributed by atoms with Crippen LogP contribution in [-0.4, -0.2) is 22.1 Å². The predicted octanol–water partition coefficient (Wildman–Crippen LogP) is 2.26. The lowest BCUT2D eigenvalue weighted by atomic mass is 9.96. The van der Waals surface area contributed by atoms with E-state index in [2.05, 4.69) is 21.0 Å². The van der Waals surface area contributed by atoms with E-state index in [0.29, 0.717) is 11.8 Å². The molecule has 3 N–H and O–H groups in total. The molecule has 0 bridgehead atoms. The van der Waals surface area contributed by atoms with Crippen LogP contribution in [0.3, 0.4) is 0 Å². The second-order valence-electron chi connectivity index (χ2n) is 4.68. The Labute approximate surface area is 117 Å². The van der Waals surface area contributed by atoms with Crippen molar-refractivity contribution >= 4 is 5.91 Å². The van der Waals surface area contributed by atoms with Gasteiger partial charge in [-0.2, -0.15) is 5.10 Å². The summed E-state index contributed by atoms with van der Waals surface area (Å²) < 4.78 is 4.98. The zero-order chi connectivity index (χ0) is 14.0. The Hall–Kier alpha value is -2.08. The zero-order valence-electron chi connectivity index (χ0n) is 11.3. The molecule has 2 aromatic rings. The number of rotatable bonds is 3. The van der Waals surface area contributed by atoms with Crippen LogP contribution < -0.4 is 10.9 Å². The fourth-order valence-corrected chi connectivity index (χ4v) is 2.10. The van der Waals surface area contributed by atoms with Crippen molar-refractivity contribution in [3.05, 3.63) is 42.6 Å². The maximum Gasteiger partial charge on any atom is 0.301 e. The van der Waals surface area contributed by atoms with Gasteiger partial charge in [0.05, 0.1) is 6.26 Å². The Morgan fingerprint density at radius 1 is 1.30 bits per heavy atom. The standard InChI is InChI=1S/C11H16N2O2.C3H4N2/c14-11(10-7-4-8-15-10)13-12-9-5-2-1-3-6-9;1-2-4-5-3-1/h4,7-9,12H,1-3,5-6H2,(H,13,14);1-3H,(H,4,5). The molecule has 2 heterocycles. The van der Waals surface area contributed by atoms with Gasteiger partial charge in [0, 0.05) is 18.4 Å². The lowest BCUT2D eigenvalue weighted by Crippen LogP contribution is -2.44. The average Bonchev–Trinajstić information content (AvgIpc) is 3.20. The van der Waals surface area contributed by atoms with Gasteiger partial charge in [0.2, 0.25) is 0 Å². The largest absolute Gasteiger partial charge is 0.459 e. The van der Waals surface area contributed by atoms with Crippen molar-refractivity contribution in [3.63, 3.8) is 0 Å². The van der Waals surface area contributed by atoms with E-state index < -0.39 is 0 Å². The van der Waals surface area contributed by atoms with Crippen LogP contribution in [0.25, 0.3) is 0 Å². The number of nitrogens with zero attached hydrogens (tertiary/aromatic N) is 1. The van der Waals surface area contributed by atoms with Crippen molar-refractivity contribution in [3.8, 4) is 0 Å². The van der Waals surface area contributed by atoms with Crippen LogP contribution in [0.15, 0.2) is 41.3 Å². The molecule has 6 heteroatoms. The van der Waals surface area contributed by atoms with Gasteiger partial charge in [-0.25, -0.2) is 5.43 Å². The molecule has 1 fully saturated rings. The lowest BCUT2D eigenvalue weighted by Gasteiger charge is -2.22. The molecule has 1 amide bonds. The number of hydrogen-bond donors (Lipinski definition) is 3. The summed E-state index contributed by atoms with van der Waals surface area (Å²) in [5.41, 5.74) is 5.72. The number of carbonyl (C=O) groups excluding carboxylic acids is 1. The molecule has 2 aromatic heterocycles. The summed E-state index contributed by atoms with van der Waals surface area (Å²) in [6, 6.07) is 5.60. The molecule has 0 aliphatic heterocycles. The van der Waals surface area contributed by atoms with Gasteiger partial charge < -0.3 is 4.42 Å². The van der Waals surface area contributed by atoms with Crippen molar-refractivity contribution in [1.82, 2.24) is 21.0 Å². The van der Waals surface area contributed by atoms with Crippen LogP contribution >= 0.6 is 0 Å². The third kappa shape index (κ3) is 4.89. The van der Waals surface area contributed by atoms with Gasteiger partial charge >= 0.3 is 5.91 Å². The first kappa shape index (κ1) is 14.3. The average molecular weight is 276 g/mol.